The van der Waals surface area contributed by atoms with Crippen LogP contribution in [0.2, 0.25) is 0 Å². The topological polar surface area (TPSA) is 80.5 Å². The lowest BCUT2D eigenvalue weighted by molar-refractivity contribution is -0.385. The van der Waals surface area contributed by atoms with E-state index in [-0.39, 0.29) is 39.9 Å². The van der Waals surface area contributed by atoms with Gasteiger partial charge in [0, 0.05) is 24.2 Å². The van der Waals surface area contributed by atoms with Crippen LogP contribution in [-0.4, -0.2) is 39.4 Å². The van der Waals surface area contributed by atoms with Crippen LogP contribution in [0, 0.1) is 10.1 Å². The van der Waals surface area contributed by atoms with Gasteiger partial charge in [-0.1, -0.05) is 35.2 Å². The van der Waals surface area contributed by atoms with Gasteiger partial charge in [0.2, 0.25) is 0 Å². The predicted molar refractivity (Wildman–Crippen MR) is 94.8 cm³/mol. The summed E-state index contributed by atoms with van der Waals surface area (Å²) in [6.45, 7) is 2.49. The number of hydrogen-bond donors (Lipinski definition) is 0. The molecule has 0 N–H and O–H groups in total. The summed E-state index contributed by atoms with van der Waals surface area (Å²) in [5.41, 5.74) is -0.0283. The highest BCUT2D eigenvalue weighted by atomic mass is 79.9. The fourth-order valence-corrected chi connectivity index (χ4v) is 3.55. The Labute approximate surface area is 149 Å². The molecule has 0 bridgehead atoms. The maximum Gasteiger partial charge on any atom is 0.281 e. The molecule has 1 aromatic rings. The van der Waals surface area contributed by atoms with Gasteiger partial charge in [0.15, 0.2) is 5.78 Å². The monoisotopic (exact) mass is 396 g/mol. The van der Waals surface area contributed by atoms with E-state index in [1.165, 1.54) is 24.6 Å². The molecule has 0 aliphatic heterocycles. The van der Waals surface area contributed by atoms with Crippen LogP contribution in [0.1, 0.15) is 59.7 Å². The Bertz CT molecular complexity index is 641. The molecule has 0 saturated heterocycles. The number of benzene rings is 1. The maximum atomic E-state index is 12.8. The summed E-state index contributed by atoms with van der Waals surface area (Å²) in [4.78, 5) is 37.1. The Morgan fingerprint density at radius 1 is 1.29 bits per heavy atom. The first kappa shape index (κ1) is 18.6. The second kappa shape index (κ2) is 8.37. The summed E-state index contributed by atoms with van der Waals surface area (Å²) in [6, 6.07) is 4.31. The lowest BCUT2D eigenvalue weighted by atomic mass is 9.93. The van der Waals surface area contributed by atoms with E-state index in [9.17, 15) is 19.7 Å². The molecule has 0 aromatic heterocycles. The largest absolute Gasteiger partial charge is 0.336 e. The molecule has 1 aliphatic carbocycles. The van der Waals surface area contributed by atoms with Crippen molar-refractivity contribution in [2.24, 2.45) is 0 Å². The Hall–Kier alpha value is -1.76. The van der Waals surface area contributed by atoms with Crippen LogP contribution in [0.15, 0.2) is 18.2 Å². The zero-order valence-corrected chi connectivity index (χ0v) is 15.3. The molecular weight excluding hydrogens is 376 g/mol. The number of alkyl halides is 1. The molecule has 1 amide bonds. The summed E-state index contributed by atoms with van der Waals surface area (Å²) >= 11 is 3.02. The minimum atomic E-state index is -0.608. The predicted octanol–water partition coefficient (Wildman–Crippen LogP) is 3.97. The van der Waals surface area contributed by atoms with E-state index in [1.807, 2.05) is 6.92 Å². The number of Topliss-reactive ketones (excluding diaryl/α,β-unsaturated/α-hetero) is 1. The molecule has 0 radical (unpaired) electrons. The molecule has 0 heterocycles. The minimum absolute atomic E-state index is 0.00426. The summed E-state index contributed by atoms with van der Waals surface area (Å²) in [5.74, 6) is -0.578. The van der Waals surface area contributed by atoms with Crippen molar-refractivity contribution in [2.45, 2.75) is 45.1 Å². The fraction of sp³-hybridized carbons (Fsp3) is 0.529. The summed E-state index contributed by atoms with van der Waals surface area (Å²) < 4.78 is 0. The summed E-state index contributed by atoms with van der Waals surface area (Å²) in [5, 5.41) is 11.3. The Balaban J connectivity index is 2.32. The fourth-order valence-electron chi connectivity index (χ4n) is 3.25. The highest BCUT2D eigenvalue weighted by Crippen LogP contribution is 2.26. The van der Waals surface area contributed by atoms with Crippen LogP contribution in [0.3, 0.4) is 0 Å². The summed E-state index contributed by atoms with van der Waals surface area (Å²) in [7, 11) is 0. The molecule has 1 saturated carbocycles. The van der Waals surface area contributed by atoms with Gasteiger partial charge in [-0.05, 0) is 31.9 Å². The molecule has 1 fully saturated rings. The van der Waals surface area contributed by atoms with Gasteiger partial charge in [0.25, 0.3) is 11.6 Å². The van der Waals surface area contributed by atoms with Crippen molar-refractivity contribution >= 4 is 33.3 Å². The smallest absolute Gasteiger partial charge is 0.281 e. The SMILES string of the molecule is CCN(C(=O)c1ccc(C(=O)CBr)c([N+](=O)[O-])c1)C1CCCCC1. The van der Waals surface area contributed by atoms with E-state index in [2.05, 4.69) is 15.9 Å². The first-order chi connectivity index (χ1) is 11.5. The third-order valence-corrected chi connectivity index (χ3v) is 4.99. The normalized spacial score (nSPS) is 15.1. The molecule has 130 valence electrons. The van der Waals surface area contributed by atoms with Crippen molar-refractivity contribution in [1.82, 2.24) is 4.90 Å². The molecule has 0 unspecified atom stereocenters. The van der Waals surface area contributed by atoms with Gasteiger partial charge in [-0.15, -0.1) is 0 Å². The van der Waals surface area contributed by atoms with Crippen LogP contribution in [-0.2, 0) is 0 Å². The van der Waals surface area contributed by atoms with Crippen molar-refractivity contribution in [3.63, 3.8) is 0 Å². The van der Waals surface area contributed by atoms with Gasteiger partial charge in [0.1, 0.15) is 0 Å². The molecule has 0 atom stereocenters. The number of halogens is 1. The molecule has 1 aromatic carbocycles. The number of ketones is 1. The molecular formula is C17H21BrN2O4. The molecule has 2 rings (SSSR count). The average Bonchev–Trinajstić information content (AvgIpc) is 2.61. The molecule has 1 aliphatic rings. The number of nitro groups is 1. The minimum Gasteiger partial charge on any atom is -0.336 e. The van der Waals surface area contributed by atoms with Gasteiger partial charge < -0.3 is 4.90 Å². The van der Waals surface area contributed by atoms with E-state index in [1.54, 1.807) is 4.90 Å². The number of carbonyl (C=O) groups is 2. The van der Waals surface area contributed by atoms with Crippen LogP contribution in [0.25, 0.3) is 0 Å². The van der Waals surface area contributed by atoms with E-state index in [0.29, 0.717) is 6.54 Å². The first-order valence-corrected chi connectivity index (χ1v) is 9.30. The Kier molecular flexibility index (Phi) is 6.48. The number of nitrogens with zero attached hydrogens (tertiary/aromatic N) is 2. The second-order valence-electron chi connectivity index (χ2n) is 5.93. The molecule has 0 spiro atoms. The third kappa shape index (κ3) is 4.01. The Morgan fingerprint density at radius 3 is 2.50 bits per heavy atom. The zero-order valence-electron chi connectivity index (χ0n) is 13.7. The maximum absolute atomic E-state index is 12.8. The van der Waals surface area contributed by atoms with Crippen molar-refractivity contribution in [3.8, 4) is 0 Å². The lowest BCUT2D eigenvalue weighted by Gasteiger charge is -2.33. The molecule has 24 heavy (non-hydrogen) atoms. The van der Waals surface area contributed by atoms with Crippen LogP contribution in [0.5, 0.6) is 0 Å². The van der Waals surface area contributed by atoms with Gasteiger partial charge in [-0.2, -0.15) is 0 Å². The van der Waals surface area contributed by atoms with E-state index in [0.717, 1.165) is 25.7 Å². The number of hydrogen-bond acceptors (Lipinski definition) is 4. The van der Waals surface area contributed by atoms with Gasteiger partial charge in [-0.25, -0.2) is 0 Å². The van der Waals surface area contributed by atoms with E-state index >= 15 is 0 Å². The van der Waals surface area contributed by atoms with E-state index in [4.69, 9.17) is 0 Å². The van der Waals surface area contributed by atoms with Crippen molar-refractivity contribution in [2.75, 3.05) is 11.9 Å². The molecule has 6 nitrogen and oxygen atoms in total. The van der Waals surface area contributed by atoms with Crippen molar-refractivity contribution < 1.29 is 14.5 Å². The standard InChI is InChI=1S/C17H21BrN2O4/c1-2-19(13-6-4-3-5-7-13)17(22)12-8-9-14(16(21)11-18)15(10-12)20(23)24/h8-10,13H,2-7,11H2,1H3. The zero-order chi connectivity index (χ0) is 17.7. The highest BCUT2D eigenvalue weighted by molar-refractivity contribution is 9.09. The molecule has 7 heteroatoms. The highest BCUT2D eigenvalue weighted by Gasteiger charge is 2.27. The Morgan fingerprint density at radius 2 is 1.96 bits per heavy atom. The van der Waals surface area contributed by atoms with Crippen LogP contribution >= 0.6 is 15.9 Å². The second-order valence-corrected chi connectivity index (χ2v) is 6.49. The van der Waals surface area contributed by atoms with Crippen LogP contribution < -0.4 is 0 Å². The summed E-state index contributed by atoms with van der Waals surface area (Å²) in [6.07, 6.45) is 5.35. The van der Waals surface area contributed by atoms with Gasteiger partial charge >= 0.3 is 0 Å². The first-order valence-electron chi connectivity index (χ1n) is 8.18. The van der Waals surface area contributed by atoms with Gasteiger partial charge in [-0.3, -0.25) is 19.7 Å². The number of rotatable bonds is 6. The van der Waals surface area contributed by atoms with Crippen LogP contribution in [0.4, 0.5) is 5.69 Å². The average molecular weight is 397 g/mol. The number of nitro benzene ring substituents is 1. The quantitative estimate of drug-likeness (QED) is 0.315. The number of amides is 1. The van der Waals surface area contributed by atoms with E-state index < -0.39 is 4.92 Å². The van der Waals surface area contributed by atoms with Gasteiger partial charge in [0.05, 0.1) is 15.8 Å². The third-order valence-electron chi connectivity index (χ3n) is 4.48. The van der Waals surface area contributed by atoms with Crippen molar-refractivity contribution in [3.05, 3.63) is 39.4 Å². The van der Waals surface area contributed by atoms with Crippen molar-refractivity contribution in [1.29, 1.82) is 0 Å². The lowest BCUT2D eigenvalue weighted by Crippen LogP contribution is -2.41. The number of carbonyl (C=O) groups excluding carboxylic acids is 2.